The van der Waals surface area contributed by atoms with Crippen molar-refractivity contribution in [3.63, 3.8) is 0 Å². The van der Waals surface area contributed by atoms with Gasteiger partial charge in [0.1, 0.15) is 13.1 Å². The standard InChI is InChI=1S/C18H23N2O/c1-18(2)14-16(19-11-6-7-12-19)10-13-20(18)17(21)15-8-4-3-5-9-15/h3-5,8-10,13H,6-7,11-12,14H2,1-2H3/q+1. The molecule has 110 valence electrons. The number of hydrogen-bond acceptors (Lipinski definition) is 1. The normalized spacial score (nSPS) is 21.0. The summed E-state index contributed by atoms with van der Waals surface area (Å²) in [6.45, 7) is 6.60. The molecule has 0 aliphatic carbocycles. The van der Waals surface area contributed by atoms with E-state index < -0.39 is 0 Å². The predicted molar refractivity (Wildman–Crippen MR) is 84.7 cm³/mol. The van der Waals surface area contributed by atoms with Crippen LogP contribution >= 0.6 is 0 Å². The van der Waals surface area contributed by atoms with E-state index in [1.54, 1.807) is 0 Å². The summed E-state index contributed by atoms with van der Waals surface area (Å²) in [4.78, 5) is 14.6. The molecular weight excluding hydrogens is 260 g/mol. The Kier molecular flexibility index (Phi) is 3.66. The van der Waals surface area contributed by atoms with Gasteiger partial charge in [0.25, 0.3) is 5.91 Å². The lowest BCUT2D eigenvalue weighted by Crippen LogP contribution is -2.48. The number of carbonyl (C=O) groups excluding carboxylic acids is 1. The highest BCUT2D eigenvalue weighted by molar-refractivity contribution is 5.99. The lowest BCUT2D eigenvalue weighted by molar-refractivity contribution is -0.506. The molecule has 1 saturated heterocycles. The molecule has 0 radical (unpaired) electrons. The predicted octanol–water partition coefficient (Wildman–Crippen LogP) is 3.07. The van der Waals surface area contributed by atoms with Gasteiger partial charge >= 0.3 is 0 Å². The van der Waals surface area contributed by atoms with Gasteiger partial charge in [-0.05, 0) is 26.0 Å². The highest BCUT2D eigenvalue weighted by atomic mass is 16.2. The van der Waals surface area contributed by atoms with Gasteiger partial charge < -0.3 is 4.90 Å². The maximum absolute atomic E-state index is 12.7. The van der Waals surface area contributed by atoms with Gasteiger partial charge in [-0.3, -0.25) is 4.79 Å². The second-order valence-electron chi connectivity index (χ2n) is 6.53. The molecule has 0 spiro atoms. The van der Waals surface area contributed by atoms with Crippen molar-refractivity contribution >= 4 is 11.6 Å². The molecule has 3 rings (SSSR count). The Labute approximate surface area is 126 Å². The van der Waals surface area contributed by atoms with Gasteiger partial charge in [0.2, 0.25) is 0 Å². The van der Waals surface area contributed by atoms with Crippen molar-refractivity contribution < 1.29 is 9.37 Å². The summed E-state index contributed by atoms with van der Waals surface area (Å²) in [5.74, 6) is 0.0809. The van der Waals surface area contributed by atoms with Crippen molar-refractivity contribution in [2.45, 2.75) is 38.6 Å². The fraction of sp³-hybridized carbons (Fsp3) is 0.444. The fourth-order valence-corrected chi connectivity index (χ4v) is 3.23. The van der Waals surface area contributed by atoms with E-state index in [-0.39, 0.29) is 11.4 Å². The van der Waals surface area contributed by atoms with Crippen LogP contribution in [-0.2, 0) is 0 Å². The van der Waals surface area contributed by atoms with Crippen LogP contribution in [0.3, 0.4) is 0 Å². The quantitative estimate of drug-likeness (QED) is 0.727. The molecule has 0 aromatic heterocycles. The van der Waals surface area contributed by atoms with Gasteiger partial charge in [0.15, 0.2) is 5.71 Å². The first-order chi connectivity index (χ1) is 10.1. The molecule has 0 bridgehead atoms. The SMILES string of the molecule is CC1(C)CC(=[N+]2CCCC2)C=CN1C(=O)c1ccccc1. The van der Waals surface area contributed by atoms with Gasteiger partial charge in [-0.2, -0.15) is 0 Å². The van der Waals surface area contributed by atoms with Crippen molar-refractivity contribution in [2.75, 3.05) is 13.1 Å². The van der Waals surface area contributed by atoms with E-state index in [0.29, 0.717) is 0 Å². The first-order valence-corrected chi connectivity index (χ1v) is 7.76. The third kappa shape index (κ3) is 2.78. The van der Waals surface area contributed by atoms with E-state index in [2.05, 4.69) is 24.5 Å². The minimum Gasteiger partial charge on any atom is -0.309 e. The fourth-order valence-electron chi connectivity index (χ4n) is 3.23. The van der Waals surface area contributed by atoms with Crippen LogP contribution < -0.4 is 0 Å². The average molecular weight is 283 g/mol. The van der Waals surface area contributed by atoms with Gasteiger partial charge in [-0.25, -0.2) is 4.58 Å². The molecule has 3 heteroatoms. The molecule has 0 unspecified atom stereocenters. The van der Waals surface area contributed by atoms with Gasteiger partial charge in [0.05, 0.1) is 12.0 Å². The minimum absolute atomic E-state index is 0.0809. The van der Waals surface area contributed by atoms with Crippen LogP contribution in [0.2, 0.25) is 0 Å². The van der Waals surface area contributed by atoms with E-state index in [4.69, 9.17) is 0 Å². The number of nitrogens with zero attached hydrogens (tertiary/aromatic N) is 2. The Hall–Kier alpha value is -1.90. The van der Waals surface area contributed by atoms with Crippen LogP contribution in [0.4, 0.5) is 0 Å². The van der Waals surface area contributed by atoms with Crippen LogP contribution in [0.1, 0.15) is 43.5 Å². The zero-order chi connectivity index (χ0) is 14.9. The topological polar surface area (TPSA) is 23.3 Å². The first-order valence-electron chi connectivity index (χ1n) is 7.76. The van der Waals surface area contributed by atoms with Crippen LogP contribution in [-0.4, -0.2) is 39.7 Å². The Morgan fingerprint density at radius 3 is 2.43 bits per heavy atom. The zero-order valence-corrected chi connectivity index (χ0v) is 12.9. The molecule has 1 amide bonds. The summed E-state index contributed by atoms with van der Waals surface area (Å²) in [5, 5.41) is 0. The lowest BCUT2D eigenvalue weighted by Gasteiger charge is -2.38. The minimum atomic E-state index is -0.181. The van der Waals surface area contributed by atoms with Gasteiger partial charge in [-0.15, -0.1) is 0 Å². The first kappa shape index (κ1) is 14.1. The molecule has 2 aliphatic heterocycles. The summed E-state index contributed by atoms with van der Waals surface area (Å²) in [5.41, 5.74) is 1.94. The second kappa shape index (κ2) is 5.47. The monoisotopic (exact) mass is 283 g/mol. The Bertz CT molecular complexity index is 591. The van der Waals surface area contributed by atoms with E-state index in [0.717, 1.165) is 25.1 Å². The molecule has 0 N–H and O–H groups in total. The molecule has 3 nitrogen and oxygen atoms in total. The molecule has 0 saturated carbocycles. The zero-order valence-electron chi connectivity index (χ0n) is 12.9. The smallest absolute Gasteiger partial charge is 0.258 e. The Morgan fingerprint density at radius 1 is 1.14 bits per heavy atom. The number of carbonyl (C=O) groups is 1. The van der Waals surface area contributed by atoms with E-state index in [1.807, 2.05) is 41.4 Å². The summed E-state index contributed by atoms with van der Waals surface area (Å²) in [7, 11) is 0. The maximum atomic E-state index is 12.7. The van der Waals surface area contributed by atoms with Crippen molar-refractivity contribution in [1.29, 1.82) is 0 Å². The van der Waals surface area contributed by atoms with Crippen LogP contribution in [0, 0.1) is 0 Å². The molecule has 2 heterocycles. The van der Waals surface area contributed by atoms with Crippen LogP contribution in [0.25, 0.3) is 0 Å². The van der Waals surface area contributed by atoms with Crippen LogP contribution in [0.15, 0.2) is 42.6 Å². The molecular formula is C18H23N2O+. The Morgan fingerprint density at radius 2 is 1.81 bits per heavy atom. The summed E-state index contributed by atoms with van der Waals surface area (Å²) >= 11 is 0. The second-order valence-corrected chi connectivity index (χ2v) is 6.53. The molecule has 21 heavy (non-hydrogen) atoms. The average Bonchev–Trinajstić information content (AvgIpc) is 3.01. The molecule has 1 fully saturated rings. The summed E-state index contributed by atoms with van der Waals surface area (Å²) in [6.07, 6.45) is 7.57. The van der Waals surface area contributed by atoms with Crippen molar-refractivity contribution in [3.05, 3.63) is 48.2 Å². The van der Waals surface area contributed by atoms with Crippen molar-refractivity contribution in [3.8, 4) is 0 Å². The highest BCUT2D eigenvalue weighted by Crippen LogP contribution is 2.27. The van der Waals surface area contributed by atoms with Crippen molar-refractivity contribution in [2.24, 2.45) is 0 Å². The maximum Gasteiger partial charge on any atom is 0.258 e. The number of allylic oxidation sites excluding steroid dienone is 1. The number of benzene rings is 1. The lowest BCUT2D eigenvalue weighted by atomic mass is 9.91. The highest BCUT2D eigenvalue weighted by Gasteiger charge is 2.37. The van der Waals surface area contributed by atoms with E-state index in [1.165, 1.54) is 18.6 Å². The third-order valence-corrected chi connectivity index (χ3v) is 4.43. The van der Waals surface area contributed by atoms with E-state index >= 15 is 0 Å². The molecule has 1 aromatic rings. The third-order valence-electron chi connectivity index (χ3n) is 4.43. The molecule has 0 atom stereocenters. The molecule has 1 aromatic carbocycles. The number of hydrogen-bond donors (Lipinski definition) is 0. The number of amides is 1. The molecule has 2 aliphatic rings. The van der Waals surface area contributed by atoms with Crippen molar-refractivity contribution in [1.82, 2.24) is 4.90 Å². The van der Waals surface area contributed by atoms with Gasteiger partial charge in [-0.1, -0.05) is 18.2 Å². The Balaban J connectivity index is 1.89. The van der Waals surface area contributed by atoms with Gasteiger partial charge in [0, 0.05) is 30.7 Å². The number of rotatable bonds is 1. The largest absolute Gasteiger partial charge is 0.309 e. The van der Waals surface area contributed by atoms with E-state index in [9.17, 15) is 4.79 Å². The summed E-state index contributed by atoms with van der Waals surface area (Å²) in [6, 6.07) is 9.52. The summed E-state index contributed by atoms with van der Waals surface area (Å²) < 4.78 is 2.46. The van der Waals surface area contributed by atoms with Crippen LogP contribution in [0.5, 0.6) is 0 Å².